The average molecular weight is 696 g/mol. The highest BCUT2D eigenvalue weighted by molar-refractivity contribution is 6.36. The van der Waals surface area contributed by atoms with E-state index in [-0.39, 0.29) is 25.0 Å². The molecule has 3 aromatic rings. The Morgan fingerprint density at radius 3 is 2.56 bits per heavy atom. The van der Waals surface area contributed by atoms with E-state index in [1.807, 2.05) is 36.4 Å². The third kappa shape index (κ3) is 8.65. The molecular formula is C38H41Cl2FN2O5. The maximum Gasteiger partial charge on any atom is 0.251 e. The Hall–Kier alpha value is -3.27. The minimum Gasteiger partial charge on any atom is -0.489 e. The van der Waals surface area contributed by atoms with Crippen LogP contribution >= 0.6 is 23.2 Å². The molecule has 3 aromatic carbocycles. The number of benzene rings is 3. The molecule has 2 atom stereocenters. The predicted molar refractivity (Wildman–Crippen MR) is 186 cm³/mol. The van der Waals surface area contributed by atoms with E-state index in [9.17, 15) is 14.0 Å². The first-order valence-electron chi connectivity index (χ1n) is 16.8. The van der Waals surface area contributed by atoms with Crippen molar-refractivity contribution in [3.8, 4) is 5.75 Å². The molecule has 0 aromatic heterocycles. The van der Waals surface area contributed by atoms with Gasteiger partial charge >= 0.3 is 0 Å². The van der Waals surface area contributed by atoms with Gasteiger partial charge in [0.2, 0.25) is 0 Å². The molecule has 48 heavy (non-hydrogen) atoms. The molecule has 2 heterocycles. The molecule has 3 aliphatic rings. The summed E-state index contributed by atoms with van der Waals surface area (Å²) in [5.74, 6) is 0.00231. The van der Waals surface area contributed by atoms with Crippen LogP contribution in [-0.4, -0.2) is 61.9 Å². The molecule has 0 spiro atoms. The fourth-order valence-electron chi connectivity index (χ4n) is 6.79. The highest BCUT2D eigenvalue weighted by atomic mass is 35.5. The summed E-state index contributed by atoms with van der Waals surface area (Å²) in [6.07, 6.45) is 5.75. The first-order chi connectivity index (χ1) is 23.4. The summed E-state index contributed by atoms with van der Waals surface area (Å²) in [6.45, 7) is 2.76. The molecule has 1 amide bonds. The predicted octanol–water partition coefficient (Wildman–Crippen LogP) is 8.25. The Morgan fingerprint density at radius 2 is 1.79 bits per heavy atom. The molecule has 0 radical (unpaired) electrons. The van der Waals surface area contributed by atoms with Crippen molar-refractivity contribution in [1.82, 2.24) is 10.4 Å². The Balaban J connectivity index is 1.25. The van der Waals surface area contributed by atoms with Crippen LogP contribution in [0, 0.1) is 0 Å². The molecule has 1 N–H and O–H groups in total. The van der Waals surface area contributed by atoms with Gasteiger partial charge in [-0.3, -0.25) is 18.9 Å². The molecule has 0 bridgehead atoms. The number of amides is 1. The van der Waals surface area contributed by atoms with Crippen LogP contribution in [0.15, 0.2) is 60.7 Å². The first kappa shape index (κ1) is 34.6. The smallest absolute Gasteiger partial charge is 0.251 e. The number of allylic oxidation sites excluding steroid dienone is 1. The summed E-state index contributed by atoms with van der Waals surface area (Å²) >= 11 is 13.1. The minimum atomic E-state index is -0.503. The van der Waals surface area contributed by atoms with Crippen molar-refractivity contribution < 1.29 is 28.3 Å². The number of alkyl halides is 1. The number of nitrogens with one attached hydrogen (secondary N) is 1. The number of nitrogens with zero attached hydrogens (tertiary/aromatic N) is 1. The van der Waals surface area contributed by atoms with Crippen LogP contribution in [0.2, 0.25) is 10.0 Å². The zero-order chi connectivity index (χ0) is 33.5. The topological polar surface area (TPSA) is 77.1 Å². The Kier molecular flexibility index (Phi) is 11.8. The Morgan fingerprint density at radius 1 is 0.958 bits per heavy atom. The maximum absolute atomic E-state index is 13.2. The van der Waals surface area contributed by atoms with Gasteiger partial charge in [0.05, 0.1) is 13.1 Å². The van der Waals surface area contributed by atoms with Gasteiger partial charge in [-0.25, -0.2) is 10.3 Å². The Labute approximate surface area is 291 Å². The number of likely N-dealkylation sites (tertiary alicyclic amines) is 1. The molecule has 2 saturated heterocycles. The number of hydrogen-bond acceptors (Lipinski definition) is 6. The van der Waals surface area contributed by atoms with Crippen molar-refractivity contribution in [2.24, 2.45) is 0 Å². The summed E-state index contributed by atoms with van der Waals surface area (Å²) in [7, 11) is 0. The zero-order valence-corrected chi connectivity index (χ0v) is 28.5. The standard InChI is InChI=1S/C38H41Cl2FN2O5/c39-28-11-15-32(34(40)22-28)33-6-3-5-26-21-27(35(44)23-36(45)42-48-37-7-1-2-20-46-37)10-14-31(26)38(33)25-8-12-29(13-9-25)47-30-16-19-43(24-30)18-4-17-41/h8-15,21-22,30,37H,1-7,16-20,23-24H2,(H,42,45). The lowest BCUT2D eigenvalue weighted by Gasteiger charge is -2.22. The number of hydroxylamine groups is 1. The van der Waals surface area contributed by atoms with E-state index < -0.39 is 12.2 Å². The summed E-state index contributed by atoms with van der Waals surface area (Å²) in [6, 6.07) is 19.4. The van der Waals surface area contributed by atoms with Crippen molar-refractivity contribution in [1.29, 1.82) is 0 Å². The van der Waals surface area contributed by atoms with E-state index in [2.05, 4.69) is 22.5 Å². The van der Waals surface area contributed by atoms with Gasteiger partial charge in [0, 0.05) is 48.3 Å². The fourth-order valence-corrected chi connectivity index (χ4v) is 7.31. The lowest BCUT2D eigenvalue weighted by atomic mass is 9.87. The third-order valence-electron chi connectivity index (χ3n) is 9.17. The third-order valence-corrected chi connectivity index (χ3v) is 9.72. The van der Waals surface area contributed by atoms with Gasteiger partial charge in [0.25, 0.3) is 5.91 Å². The van der Waals surface area contributed by atoms with Gasteiger partial charge in [-0.2, -0.15) is 0 Å². The van der Waals surface area contributed by atoms with E-state index >= 15 is 0 Å². The lowest BCUT2D eigenvalue weighted by Crippen LogP contribution is -2.34. The number of halogens is 3. The van der Waals surface area contributed by atoms with Crippen molar-refractivity contribution in [3.05, 3.63) is 98.5 Å². The van der Waals surface area contributed by atoms with Crippen LogP contribution in [0.3, 0.4) is 0 Å². The molecule has 2 aliphatic heterocycles. The van der Waals surface area contributed by atoms with Crippen molar-refractivity contribution in [3.63, 3.8) is 0 Å². The molecule has 254 valence electrons. The van der Waals surface area contributed by atoms with Crippen LogP contribution in [0.4, 0.5) is 4.39 Å². The van der Waals surface area contributed by atoms with Gasteiger partial charge in [-0.1, -0.05) is 53.5 Å². The number of ether oxygens (including phenoxy) is 2. The molecule has 0 saturated carbocycles. The molecule has 1 aliphatic carbocycles. The quantitative estimate of drug-likeness (QED) is 0.117. The van der Waals surface area contributed by atoms with Crippen LogP contribution < -0.4 is 10.2 Å². The number of aryl methyl sites for hydroxylation is 1. The van der Waals surface area contributed by atoms with E-state index in [1.54, 1.807) is 12.1 Å². The monoisotopic (exact) mass is 694 g/mol. The molecule has 6 rings (SSSR count). The lowest BCUT2D eigenvalue weighted by molar-refractivity contribution is -0.200. The van der Waals surface area contributed by atoms with Crippen LogP contribution in [0.1, 0.15) is 84.0 Å². The largest absolute Gasteiger partial charge is 0.489 e. The normalized spacial score (nSPS) is 19.9. The van der Waals surface area contributed by atoms with Gasteiger partial charge in [-0.15, -0.1) is 0 Å². The van der Waals surface area contributed by atoms with Crippen LogP contribution in [-0.2, 0) is 20.8 Å². The highest BCUT2D eigenvalue weighted by Gasteiger charge is 2.26. The number of ketones is 1. The number of fused-ring (bicyclic) bond motifs is 1. The second-order valence-corrected chi connectivity index (χ2v) is 13.5. The zero-order valence-electron chi connectivity index (χ0n) is 27.0. The molecule has 2 fully saturated rings. The molecule has 2 unspecified atom stereocenters. The van der Waals surface area contributed by atoms with Gasteiger partial charge in [0.15, 0.2) is 12.1 Å². The summed E-state index contributed by atoms with van der Waals surface area (Å²) in [5.41, 5.74) is 8.97. The van der Waals surface area contributed by atoms with Crippen molar-refractivity contribution in [2.45, 2.75) is 70.2 Å². The van der Waals surface area contributed by atoms with E-state index in [0.29, 0.717) is 35.1 Å². The number of rotatable bonds is 12. The maximum atomic E-state index is 13.2. The summed E-state index contributed by atoms with van der Waals surface area (Å²) < 4.78 is 24.4. The van der Waals surface area contributed by atoms with Crippen molar-refractivity contribution >= 4 is 46.0 Å². The Bertz CT molecular complexity index is 1640. The fraction of sp³-hybridized carbons (Fsp3) is 0.421. The average Bonchev–Trinajstić information content (AvgIpc) is 3.45. The molecular weight excluding hydrogens is 654 g/mol. The van der Waals surface area contributed by atoms with Crippen molar-refractivity contribution in [2.75, 3.05) is 32.9 Å². The van der Waals surface area contributed by atoms with Crippen LogP contribution in [0.5, 0.6) is 5.75 Å². The van der Waals surface area contributed by atoms with E-state index in [1.165, 1.54) is 0 Å². The molecule has 7 nitrogen and oxygen atoms in total. The number of carbonyl (C=O) groups is 2. The highest BCUT2D eigenvalue weighted by Crippen LogP contribution is 2.43. The first-order valence-corrected chi connectivity index (χ1v) is 17.6. The van der Waals surface area contributed by atoms with E-state index in [0.717, 1.165) is 97.3 Å². The van der Waals surface area contributed by atoms with Gasteiger partial charge in [0.1, 0.15) is 11.9 Å². The summed E-state index contributed by atoms with van der Waals surface area (Å²) in [5, 5.41) is 1.15. The summed E-state index contributed by atoms with van der Waals surface area (Å²) in [4.78, 5) is 33.4. The number of carbonyl (C=O) groups excluding carboxylic acids is 2. The SMILES string of the molecule is O=C(CC(=O)c1ccc2c(c1)CCCC(c1ccc(Cl)cc1Cl)=C2c1ccc(OC2CCN(CCCF)C2)cc1)NOC1CCCCO1. The van der Waals surface area contributed by atoms with Gasteiger partial charge in [-0.05, 0) is 109 Å². The number of Topliss-reactive ketones (excluding diaryl/α,β-unsaturated/α-hetero) is 1. The molecule has 10 heteroatoms. The second-order valence-electron chi connectivity index (χ2n) is 12.6. The van der Waals surface area contributed by atoms with E-state index in [4.69, 9.17) is 37.5 Å². The number of hydrogen-bond donors (Lipinski definition) is 1. The minimum absolute atomic E-state index is 0.0712. The van der Waals surface area contributed by atoms with Gasteiger partial charge < -0.3 is 9.47 Å². The second kappa shape index (κ2) is 16.4. The van der Waals surface area contributed by atoms with Crippen LogP contribution in [0.25, 0.3) is 11.1 Å².